The third-order valence-corrected chi connectivity index (χ3v) is 5.15. The maximum Gasteiger partial charge on any atom is 0.284 e. The van der Waals surface area contributed by atoms with Crippen molar-refractivity contribution in [3.63, 3.8) is 0 Å². The van der Waals surface area contributed by atoms with Gasteiger partial charge in [-0.25, -0.2) is 13.5 Å². The molecule has 36 heavy (non-hydrogen) atoms. The van der Waals surface area contributed by atoms with Gasteiger partial charge >= 0.3 is 0 Å². The molecule has 0 fully saturated rings. The Morgan fingerprint density at radius 1 is 1.08 bits per heavy atom. The van der Waals surface area contributed by atoms with Crippen molar-refractivity contribution in [2.45, 2.75) is 6.92 Å². The van der Waals surface area contributed by atoms with Gasteiger partial charge in [-0.2, -0.15) is 0 Å². The molecule has 9 nitrogen and oxygen atoms in total. The number of carbonyl (C=O) groups excluding carboxylic acids is 2. The van der Waals surface area contributed by atoms with Gasteiger partial charge < -0.3 is 15.8 Å². The van der Waals surface area contributed by atoms with E-state index in [1.807, 2.05) is 0 Å². The normalized spacial score (nSPS) is 10.3. The summed E-state index contributed by atoms with van der Waals surface area (Å²) in [6.45, 7) is 1.58. The molecule has 0 bridgehead atoms. The number of aromatic nitrogens is 3. The van der Waals surface area contributed by atoms with Crippen molar-refractivity contribution in [3.8, 4) is 17.2 Å². The molecular weight excluding hydrogens is 472 g/mol. The van der Waals surface area contributed by atoms with Crippen molar-refractivity contribution in [1.82, 2.24) is 14.3 Å². The van der Waals surface area contributed by atoms with E-state index in [2.05, 4.69) is 16.0 Å². The lowest BCUT2D eigenvalue weighted by molar-refractivity contribution is 0.102. The Hall–Kier alpha value is -4.64. The molecule has 0 unspecified atom stereocenters. The quantitative estimate of drug-likeness (QED) is 0.395. The van der Waals surface area contributed by atoms with E-state index in [0.29, 0.717) is 17.7 Å². The Bertz CT molecular complexity index is 1470. The molecule has 0 spiro atoms. The van der Waals surface area contributed by atoms with Crippen molar-refractivity contribution in [1.29, 1.82) is 0 Å². The Morgan fingerprint density at radius 3 is 2.44 bits per heavy atom. The van der Waals surface area contributed by atoms with Crippen LogP contribution in [-0.4, -0.2) is 33.6 Å². The molecule has 2 heterocycles. The smallest absolute Gasteiger partial charge is 0.284 e. The largest absolute Gasteiger partial charge is 0.454 e. The first kappa shape index (κ1) is 26.0. The van der Waals surface area contributed by atoms with E-state index in [9.17, 15) is 23.2 Å². The monoisotopic (exact) mass is 495 g/mol. The van der Waals surface area contributed by atoms with E-state index in [0.717, 1.165) is 12.1 Å². The van der Waals surface area contributed by atoms with Crippen LogP contribution < -0.4 is 21.3 Å². The van der Waals surface area contributed by atoms with Gasteiger partial charge in [-0.15, -0.1) is 0 Å². The van der Waals surface area contributed by atoms with E-state index >= 15 is 0 Å². The minimum Gasteiger partial charge on any atom is -0.454 e. The van der Waals surface area contributed by atoms with Crippen LogP contribution in [0.15, 0.2) is 65.6 Å². The van der Waals surface area contributed by atoms with Crippen LogP contribution >= 0.6 is 0 Å². The van der Waals surface area contributed by atoms with Crippen molar-refractivity contribution in [2.75, 3.05) is 12.4 Å². The summed E-state index contributed by atoms with van der Waals surface area (Å²) in [6, 6.07) is 12.8. The summed E-state index contributed by atoms with van der Waals surface area (Å²) in [7, 11) is 3.11. The molecule has 0 atom stereocenters. The SMILES string of the molecule is CN.Cc1c(C(=O)Nc2cc(F)c(Oc3ccnc(C=O)c3)cc2F)c(=O)n(-c2ccccc2)n1C. The second-order valence-electron chi connectivity index (χ2n) is 7.29. The second kappa shape index (κ2) is 11.2. The highest BCUT2D eigenvalue weighted by Crippen LogP contribution is 2.29. The number of hydrogen-bond donors (Lipinski definition) is 2. The molecule has 2 aromatic carbocycles. The van der Waals surface area contributed by atoms with Gasteiger partial charge in [0.1, 0.15) is 17.0 Å². The number of nitrogens with one attached hydrogen (secondary N) is 1. The van der Waals surface area contributed by atoms with Crippen molar-refractivity contribution < 1.29 is 23.1 Å². The number of aldehydes is 1. The van der Waals surface area contributed by atoms with Crippen LogP contribution in [0.4, 0.5) is 14.5 Å². The minimum atomic E-state index is -0.980. The van der Waals surface area contributed by atoms with E-state index in [-0.39, 0.29) is 17.0 Å². The van der Waals surface area contributed by atoms with Crippen molar-refractivity contribution in [3.05, 3.63) is 99.7 Å². The molecule has 0 saturated carbocycles. The summed E-state index contributed by atoms with van der Waals surface area (Å²) in [5.74, 6) is -3.21. The highest BCUT2D eigenvalue weighted by atomic mass is 19.1. The van der Waals surface area contributed by atoms with Gasteiger partial charge in [-0.05, 0) is 32.2 Å². The average molecular weight is 495 g/mol. The molecule has 0 saturated heterocycles. The summed E-state index contributed by atoms with van der Waals surface area (Å²) < 4.78 is 37.4. The van der Waals surface area contributed by atoms with E-state index < -0.39 is 34.5 Å². The standard InChI is InChI=1S/C24H18F2N4O4.CH5N/c1-14-22(24(33)30(29(14)2)16-6-4-3-5-7-16)23(32)28-20-11-19(26)21(12-18(20)25)34-17-8-9-27-15(10-17)13-31;1-2/h3-13H,1-2H3,(H,28,32);2H2,1H3. The number of benzene rings is 2. The predicted octanol–water partition coefficient (Wildman–Crippen LogP) is 3.59. The zero-order chi connectivity index (χ0) is 26.4. The highest BCUT2D eigenvalue weighted by molar-refractivity contribution is 6.05. The number of nitrogens with zero attached hydrogens (tertiary/aromatic N) is 3. The number of carbonyl (C=O) groups is 2. The maximum absolute atomic E-state index is 14.7. The number of anilines is 1. The highest BCUT2D eigenvalue weighted by Gasteiger charge is 2.24. The van der Waals surface area contributed by atoms with E-state index in [1.54, 1.807) is 44.3 Å². The number of halogens is 2. The molecule has 2 aromatic heterocycles. The zero-order valence-electron chi connectivity index (χ0n) is 19.7. The number of rotatable bonds is 6. The molecule has 0 aliphatic heterocycles. The fraction of sp³-hybridized carbons (Fsp3) is 0.120. The van der Waals surface area contributed by atoms with Gasteiger partial charge in [0.05, 0.1) is 17.1 Å². The topological polar surface area (TPSA) is 121 Å². The number of para-hydroxylation sites is 1. The van der Waals surface area contributed by atoms with Crippen LogP contribution in [0.5, 0.6) is 11.5 Å². The number of pyridine rings is 1. The van der Waals surface area contributed by atoms with Gasteiger partial charge in [0.25, 0.3) is 11.5 Å². The first-order valence-corrected chi connectivity index (χ1v) is 10.6. The minimum absolute atomic E-state index is 0.0571. The van der Waals surface area contributed by atoms with Gasteiger partial charge in [0, 0.05) is 31.4 Å². The first-order valence-electron chi connectivity index (χ1n) is 10.6. The molecule has 4 aromatic rings. The molecule has 0 radical (unpaired) electrons. The van der Waals surface area contributed by atoms with Crippen LogP contribution in [0.2, 0.25) is 0 Å². The number of amides is 1. The summed E-state index contributed by atoms with van der Waals surface area (Å²) in [5.41, 5.74) is 4.17. The van der Waals surface area contributed by atoms with E-state index in [1.165, 1.54) is 34.7 Å². The summed E-state index contributed by atoms with van der Waals surface area (Å²) >= 11 is 0. The predicted molar refractivity (Wildman–Crippen MR) is 130 cm³/mol. The van der Waals surface area contributed by atoms with Crippen molar-refractivity contribution in [2.24, 2.45) is 12.8 Å². The Kier molecular flexibility index (Phi) is 8.07. The van der Waals surface area contributed by atoms with Crippen LogP contribution in [-0.2, 0) is 7.05 Å². The third kappa shape index (κ3) is 5.20. The number of hydrogen-bond acceptors (Lipinski definition) is 6. The summed E-state index contributed by atoms with van der Waals surface area (Å²) in [4.78, 5) is 40.4. The fourth-order valence-corrected chi connectivity index (χ4v) is 3.40. The Labute approximate surface area is 204 Å². The third-order valence-electron chi connectivity index (χ3n) is 5.15. The molecule has 11 heteroatoms. The summed E-state index contributed by atoms with van der Waals surface area (Å²) in [5, 5.41) is 2.26. The molecule has 3 N–H and O–H groups in total. The average Bonchev–Trinajstić information content (AvgIpc) is 3.11. The van der Waals surface area contributed by atoms with Crippen molar-refractivity contribution >= 4 is 17.9 Å². The molecule has 0 aliphatic carbocycles. The first-order chi connectivity index (χ1) is 17.3. The zero-order valence-corrected chi connectivity index (χ0v) is 19.7. The molecule has 0 aliphatic rings. The van der Waals surface area contributed by atoms with Crippen LogP contribution in [0.25, 0.3) is 5.69 Å². The number of ether oxygens (including phenoxy) is 1. The fourth-order valence-electron chi connectivity index (χ4n) is 3.40. The van der Waals surface area contributed by atoms with Gasteiger partial charge in [-0.1, -0.05) is 18.2 Å². The van der Waals surface area contributed by atoms with Crippen LogP contribution in [0.1, 0.15) is 26.5 Å². The molecular formula is C25H23F2N5O4. The van der Waals surface area contributed by atoms with Gasteiger partial charge in [-0.3, -0.25) is 24.0 Å². The Morgan fingerprint density at radius 2 is 1.78 bits per heavy atom. The maximum atomic E-state index is 14.7. The lowest BCUT2D eigenvalue weighted by Gasteiger charge is -2.11. The second-order valence-corrected chi connectivity index (χ2v) is 7.29. The Balaban J connectivity index is 0.00000176. The van der Waals surface area contributed by atoms with Crippen LogP contribution in [0.3, 0.4) is 0 Å². The summed E-state index contributed by atoms with van der Waals surface area (Å²) in [6.07, 6.45) is 1.77. The lowest BCUT2D eigenvalue weighted by atomic mass is 10.2. The number of nitrogens with two attached hydrogens (primary N) is 1. The lowest BCUT2D eigenvalue weighted by Crippen LogP contribution is -2.25. The van der Waals surface area contributed by atoms with Gasteiger partial charge in [0.15, 0.2) is 23.7 Å². The molecule has 4 rings (SSSR count). The van der Waals surface area contributed by atoms with Crippen LogP contribution in [0, 0.1) is 18.6 Å². The molecule has 186 valence electrons. The van der Waals surface area contributed by atoms with E-state index in [4.69, 9.17) is 4.74 Å². The van der Waals surface area contributed by atoms with Gasteiger partial charge in [0.2, 0.25) is 0 Å². The molecule has 1 amide bonds.